The number of terminal acetylenes is 1. The van der Waals surface area contributed by atoms with Crippen LogP contribution in [0.4, 0.5) is 5.82 Å². The number of aromatic carboxylic acids is 1. The van der Waals surface area contributed by atoms with Crippen molar-refractivity contribution < 1.29 is 9.90 Å². The van der Waals surface area contributed by atoms with E-state index in [0.29, 0.717) is 17.6 Å². The van der Waals surface area contributed by atoms with Gasteiger partial charge in [0, 0.05) is 29.4 Å². The van der Waals surface area contributed by atoms with E-state index in [1.54, 1.807) is 6.07 Å². The zero-order valence-corrected chi connectivity index (χ0v) is 11.3. The molecule has 1 unspecified atom stereocenters. The summed E-state index contributed by atoms with van der Waals surface area (Å²) in [4.78, 5) is 15.5. The number of hydrogen-bond donors (Lipinski definition) is 2. The molecular weight excluding hydrogens is 252 g/mol. The summed E-state index contributed by atoms with van der Waals surface area (Å²) in [6.45, 7) is 2.04. The molecule has 4 nitrogen and oxygen atoms in total. The summed E-state index contributed by atoms with van der Waals surface area (Å²) in [6, 6.07) is 7.46. The maximum Gasteiger partial charge on any atom is 0.337 e. The summed E-state index contributed by atoms with van der Waals surface area (Å²) in [5.41, 5.74) is 0.205. The first-order valence-electron chi connectivity index (χ1n) is 6.48. The first kappa shape index (κ1) is 13.9. The molecule has 1 aromatic heterocycles. The van der Waals surface area contributed by atoms with E-state index in [2.05, 4.69) is 16.2 Å². The minimum atomic E-state index is -0.976. The largest absolute Gasteiger partial charge is 0.478 e. The number of benzene rings is 1. The van der Waals surface area contributed by atoms with Gasteiger partial charge in [-0.25, -0.2) is 9.78 Å². The maximum atomic E-state index is 11.2. The highest BCUT2D eigenvalue weighted by Gasteiger charge is 2.14. The fraction of sp³-hybridized carbons (Fsp3) is 0.250. The SMILES string of the molecule is C#CCC(CC)Nc1ncc(C(=O)O)c2ccccc12. The van der Waals surface area contributed by atoms with Crippen molar-refractivity contribution >= 4 is 22.6 Å². The van der Waals surface area contributed by atoms with Gasteiger partial charge in [-0.1, -0.05) is 31.2 Å². The topological polar surface area (TPSA) is 62.2 Å². The van der Waals surface area contributed by atoms with E-state index in [-0.39, 0.29) is 11.6 Å². The number of carbonyl (C=O) groups is 1. The molecule has 0 radical (unpaired) electrons. The van der Waals surface area contributed by atoms with E-state index < -0.39 is 5.97 Å². The number of fused-ring (bicyclic) bond motifs is 1. The number of carboxylic acids is 1. The molecule has 0 aliphatic carbocycles. The lowest BCUT2D eigenvalue weighted by Crippen LogP contribution is -2.19. The minimum absolute atomic E-state index is 0.131. The van der Waals surface area contributed by atoms with Gasteiger partial charge in [-0.05, 0) is 6.42 Å². The third-order valence-electron chi connectivity index (χ3n) is 3.22. The molecule has 20 heavy (non-hydrogen) atoms. The van der Waals surface area contributed by atoms with Crippen molar-refractivity contribution in [2.24, 2.45) is 0 Å². The van der Waals surface area contributed by atoms with E-state index in [1.165, 1.54) is 6.20 Å². The number of nitrogens with one attached hydrogen (secondary N) is 1. The van der Waals surface area contributed by atoms with Crippen LogP contribution in [0.15, 0.2) is 30.5 Å². The molecule has 2 aromatic rings. The number of nitrogens with zero attached hydrogens (tertiary/aromatic N) is 1. The van der Waals surface area contributed by atoms with Crippen LogP contribution in [0.3, 0.4) is 0 Å². The predicted molar refractivity (Wildman–Crippen MR) is 79.9 cm³/mol. The fourth-order valence-corrected chi connectivity index (χ4v) is 2.11. The lowest BCUT2D eigenvalue weighted by molar-refractivity contribution is 0.0698. The number of pyridine rings is 1. The number of anilines is 1. The molecule has 2 rings (SSSR count). The van der Waals surface area contributed by atoms with Crippen molar-refractivity contribution in [3.63, 3.8) is 0 Å². The molecule has 0 spiro atoms. The average Bonchev–Trinajstić information content (AvgIpc) is 2.46. The number of hydrogen-bond acceptors (Lipinski definition) is 3. The van der Waals surface area contributed by atoms with Crippen molar-refractivity contribution in [2.45, 2.75) is 25.8 Å². The molecule has 0 aliphatic rings. The van der Waals surface area contributed by atoms with Crippen LogP contribution in [0.25, 0.3) is 10.8 Å². The molecule has 0 aliphatic heterocycles. The van der Waals surface area contributed by atoms with Gasteiger partial charge in [-0.2, -0.15) is 0 Å². The first-order valence-corrected chi connectivity index (χ1v) is 6.48. The van der Waals surface area contributed by atoms with Crippen LogP contribution in [0, 0.1) is 12.3 Å². The van der Waals surface area contributed by atoms with E-state index in [0.717, 1.165) is 11.8 Å². The number of aromatic nitrogens is 1. The Hall–Kier alpha value is -2.54. The van der Waals surface area contributed by atoms with Crippen molar-refractivity contribution in [1.82, 2.24) is 4.98 Å². The number of rotatable bonds is 5. The Kier molecular flexibility index (Phi) is 4.21. The maximum absolute atomic E-state index is 11.2. The summed E-state index contributed by atoms with van der Waals surface area (Å²) in [6.07, 6.45) is 8.21. The predicted octanol–water partition coefficient (Wildman–Crippen LogP) is 3.15. The van der Waals surface area contributed by atoms with Crippen LogP contribution >= 0.6 is 0 Å². The number of carboxylic acid groups (broad SMARTS) is 1. The molecule has 1 heterocycles. The van der Waals surface area contributed by atoms with Gasteiger partial charge in [0.05, 0.1) is 5.56 Å². The molecule has 4 heteroatoms. The Balaban J connectivity index is 2.48. The van der Waals surface area contributed by atoms with Crippen molar-refractivity contribution in [2.75, 3.05) is 5.32 Å². The van der Waals surface area contributed by atoms with Crippen LogP contribution < -0.4 is 5.32 Å². The van der Waals surface area contributed by atoms with E-state index >= 15 is 0 Å². The van der Waals surface area contributed by atoms with E-state index in [4.69, 9.17) is 6.42 Å². The van der Waals surface area contributed by atoms with Crippen LogP contribution in [-0.4, -0.2) is 22.1 Å². The first-order chi connectivity index (χ1) is 9.67. The Morgan fingerprint density at radius 2 is 2.15 bits per heavy atom. The molecule has 102 valence electrons. The minimum Gasteiger partial charge on any atom is -0.478 e. The molecule has 0 saturated carbocycles. The summed E-state index contributed by atoms with van der Waals surface area (Å²) >= 11 is 0. The highest BCUT2D eigenvalue weighted by molar-refractivity contribution is 6.06. The Morgan fingerprint density at radius 3 is 2.75 bits per heavy atom. The summed E-state index contributed by atoms with van der Waals surface area (Å²) in [7, 11) is 0. The third-order valence-corrected chi connectivity index (χ3v) is 3.22. The Labute approximate surface area is 117 Å². The third kappa shape index (κ3) is 2.72. The lowest BCUT2D eigenvalue weighted by atomic mass is 10.1. The fourth-order valence-electron chi connectivity index (χ4n) is 2.11. The van der Waals surface area contributed by atoms with Gasteiger partial charge < -0.3 is 10.4 Å². The molecule has 0 bridgehead atoms. The van der Waals surface area contributed by atoms with Gasteiger partial charge in [-0.15, -0.1) is 12.3 Å². The average molecular weight is 268 g/mol. The smallest absolute Gasteiger partial charge is 0.337 e. The second-order valence-corrected chi connectivity index (χ2v) is 4.53. The van der Waals surface area contributed by atoms with Crippen LogP contribution in [-0.2, 0) is 0 Å². The normalized spacial score (nSPS) is 11.8. The molecule has 1 atom stereocenters. The van der Waals surface area contributed by atoms with Crippen LogP contribution in [0.1, 0.15) is 30.1 Å². The van der Waals surface area contributed by atoms with Crippen LogP contribution in [0.5, 0.6) is 0 Å². The highest BCUT2D eigenvalue weighted by Crippen LogP contribution is 2.25. The van der Waals surface area contributed by atoms with Gasteiger partial charge >= 0.3 is 5.97 Å². The Morgan fingerprint density at radius 1 is 1.45 bits per heavy atom. The zero-order chi connectivity index (χ0) is 14.5. The Bertz CT molecular complexity index is 674. The summed E-state index contributed by atoms with van der Waals surface area (Å²) < 4.78 is 0. The van der Waals surface area contributed by atoms with Gasteiger partial charge in [0.2, 0.25) is 0 Å². The van der Waals surface area contributed by atoms with Gasteiger partial charge in [-0.3, -0.25) is 0 Å². The molecule has 0 amide bonds. The highest BCUT2D eigenvalue weighted by atomic mass is 16.4. The second kappa shape index (κ2) is 6.07. The summed E-state index contributed by atoms with van der Waals surface area (Å²) in [5.74, 6) is 2.33. The molecule has 2 N–H and O–H groups in total. The molecule has 0 saturated heterocycles. The summed E-state index contributed by atoms with van der Waals surface area (Å²) in [5, 5.41) is 14.0. The standard InChI is InChI=1S/C16H16N2O2/c1-3-7-11(4-2)18-15-13-9-6-5-8-12(13)14(10-17-15)16(19)20/h1,5-6,8-11H,4,7H2,2H3,(H,17,18)(H,19,20). The quantitative estimate of drug-likeness (QED) is 0.818. The van der Waals surface area contributed by atoms with Crippen molar-refractivity contribution in [3.05, 3.63) is 36.0 Å². The van der Waals surface area contributed by atoms with E-state index in [1.807, 2.05) is 25.1 Å². The lowest BCUT2D eigenvalue weighted by Gasteiger charge is -2.17. The molecule has 1 aromatic carbocycles. The van der Waals surface area contributed by atoms with E-state index in [9.17, 15) is 9.90 Å². The van der Waals surface area contributed by atoms with Gasteiger partial charge in [0.1, 0.15) is 5.82 Å². The van der Waals surface area contributed by atoms with Gasteiger partial charge in [0.15, 0.2) is 0 Å². The monoisotopic (exact) mass is 268 g/mol. The molecule has 0 fully saturated rings. The van der Waals surface area contributed by atoms with Gasteiger partial charge in [0.25, 0.3) is 0 Å². The molecular formula is C16H16N2O2. The zero-order valence-electron chi connectivity index (χ0n) is 11.3. The van der Waals surface area contributed by atoms with Crippen LogP contribution in [0.2, 0.25) is 0 Å². The van der Waals surface area contributed by atoms with Crippen molar-refractivity contribution in [3.8, 4) is 12.3 Å². The van der Waals surface area contributed by atoms with Crippen molar-refractivity contribution in [1.29, 1.82) is 0 Å². The second-order valence-electron chi connectivity index (χ2n) is 4.53.